The van der Waals surface area contributed by atoms with Crippen LogP contribution in [0.4, 0.5) is 8.78 Å². The maximum absolute atomic E-state index is 15.1. The average Bonchev–Trinajstić information content (AvgIpc) is 2.56. The van der Waals surface area contributed by atoms with Crippen LogP contribution in [-0.2, 0) is 18.0 Å². The first kappa shape index (κ1) is 28.1. The van der Waals surface area contributed by atoms with E-state index in [2.05, 4.69) is 41.5 Å². The van der Waals surface area contributed by atoms with Gasteiger partial charge in [0.15, 0.2) is 8.32 Å². The molecule has 0 aliphatic rings. The molecule has 0 aromatic heterocycles. The minimum Gasteiger partial charge on any atom is -0.416 e. The van der Waals surface area contributed by atoms with E-state index in [1.54, 1.807) is 0 Å². The molecule has 0 rings (SSSR count). The molecule has 0 saturated carbocycles. The second kappa shape index (κ2) is 12.1. The highest BCUT2D eigenvalue weighted by atomic mass is 31.2. The van der Waals surface area contributed by atoms with E-state index in [9.17, 15) is 9.67 Å². The number of alkyl halides is 2. The Bertz CT molecular complexity index is 457. The van der Waals surface area contributed by atoms with E-state index < -0.39 is 34.1 Å². The summed E-state index contributed by atoms with van der Waals surface area (Å²) in [7, 11) is -6.83. The molecule has 28 heavy (non-hydrogen) atoms. The fourth-order valence-electron chi connectivity index (χ4n) is 4.30. The molecule has 0 aromatic rings. The van der Waals surface area contributed by atoms with Crippen LogP contribution in [0.15, 0.2) is 0 Å². The Kier molecular flexibility index (Phi) is 12.2. The van der Waals surface area contributed by atoms with E-state index in [1.807, 2.05) is 0 Å². The van der Waals surface area contributed by atoms with Gasteiger partial charge in [0.25, 0.3) is 0 Å². The Hall–Kier alpha value is 0.147. The van der Waals surface area contributed by atoms with Gasteiger partial charge in [0, 0.05) is 19.1 Å². The van der Waals surface area contributed by atoms with Crippen molar-refractivity contribution in [1.82, 2.24) is 0 Å². The Labute approximate surface area is 171 Å². The first-order valence-corrected chi connectivity index (χ1v) is 14.1. The van der Waals surface area contributed by atoms with Crippen LogP contribution in [0.5, 0.6) is 0 Å². The minimum atomic E-state index is -4.63. The zero-order valence-corrected chi connectivity index (χ0v) is 20.7. The van der Waals surface area contributed by atoms with Crippen molar-refractivity contribution >= 4 is 15.9 Å². The second-order valence-electron chi connectivity index (χ2n) is 8.08. The topological polar surface area (TPSA) is 65.0 Å². The van der Waals surface area contributed by atoms with Gasteiger partial charge in [-0.1, -0.05) is 41.5 Å². The van der Waals surface area contributed by atoms with Crippen molar-refractivity contribution < 1.29 is 31.9 Å². The van der Waals surface area contributed by atoms with Crippen LogP contribution in [0.1, 0.15) is 68.2 Å². The van der Waals surface area contributed by atoms with Gasteiger partial charge in [-0.2, -0.15) is 8.78 Å². The molecule has 170 valence electrons. The summed E-state index contributed by atoms with van der Waals surface area (Å²) >= 11 is 0. The fourth-order valence-corrected chi connectivity index (χ4v) is 11.6. The SMILES string of the molecule is CCOP(=O)(OCC)C(F)(F)[C@H](CCO)CCO[Si](C(C)C)(C(C)C)C(C)C. The van der Waals surface area contributed by atoms with Gasteiger partial charge >= 0.3 is 13.3 Å². The number of aliphatic hydroxyl groups is 1. The van der Waals surface area contributed by atoms with Gasteiger partial charge < -0.3 is 18.6 Å². The predicted molar refractivity (Wildman–Crippen MR) is 113 cm³/mol. The van der Waals surface area contributed by atoms with E-state index in [1.165, 1.54) is 13.8 Å². The third-order valence-electron chi connectivity index (χ3n) is 5.46. The van der Waals surface area contributed by atoms with Crippen molar-refractivity contribution in [3.63, 3.8) is 0 Å². The summed E-state index contributed by atoms with van der Waals surface area (Å²) < 4.78 is 59.1. The molecule has 0 fully saturated rings. The lowest BCUT2D eigenvalue weighted by molar-refractivity contribution is -0.0281. The highest BCUT2D eigenvalue weighted by molar-refractivity contribution is 7.55. The average molecular weight is 447 g/mol. The zero-order valence-electron chi connectivity index (χ0n) is 18.8. The summed E-state index contributed by atoms with van der Waals surface area (Å²) in [5.41, 5.74) is -2.69. The maximum atomic E-state index is 15.1. The van der Waals surface area contributed by atoms with Gasteiger partial charge in [-0.3, -0.25) is 4.57 Å². The molecule has 0 aliphatic carbocycles. The third-order valence-corrected chi connectivity index (χ3v) is 13.9. The van der Waals surface area contributed by atoms with Gasteiger partial charge in [-0.05, 0) is 43.3 Å². The predicted octanol–water partition coefficient (Wildman–Crippen LogP) is 6.43. The molecular formula is C19H41F2O5PSi. The molecule has 0 unspecified atom stereocenters. The first-order chi connectivity index (χ1) is 12.9. The quantitative estimate of drug-likeness (QED) is 0.232. The lowest BCUT2D eigenvalue weighted by Gasteiger charge is -2.42. The van der Waals surface area contributed by atoms with Crippen LogP contribution in [-0.4, -0.2) is 45.5 Å². The van der Waals surface area contributed by atoms with Gasteiger partial charge in [0.2, 0.25) is 0 Å². The Morgan fingerprint density at radius 3 is 1.68 bits per heavy atom. The number of halogens is 2. The van der Waals surface area contributed by atoms with Crippen LogP contribution >= 0.6 is 7.60 Å². The molecule has 0 heterocycles. The van der Waals surface area contributed by atoms with Crippen LogP contribution in [0.3, 0.4) is 0 Å². The van der Waals surface area contributed by atoms with Gasteiger partial charge in [0.1, 0.15) is 0 Å². The molecule has 9 heteroatoms. The van der Waals surface area contributed by atoms with Crippen molar-refractivity contribution in [2.24, 2.45) is 5.92 Å². The van der Waals surface area contributed by atoms with Crippen molar-refractivity contribution in [1.29, 1.82) is 0 Å². The molecule has 1 N–H and O–H groups in total. The van der Waals surface area contributed by atoms with E-state index in [4.69, 9.17) is 13.5 Å². The van der Waals surface area contributed by atoms with Crippen molar-refractivity contribution in [2.45, 2.75) is 90.5 Å². The van der Waals surface area contributed by atoms with E-state index in [-0.39, 0.29) is 32.7 Å². The first-order valence-electron chi connectivity index (χ1n) is 10.4. The van der Waals surface area contributed by atoms with Crippen molar-refractivity contribution in [3.8, 4) is 0 Å². The Balaban J connectivity index is 5.53. The van der Waals surface area contributed by atoms with Gasteiger partial charge in [-0.25, -0.2) is 0 Å². The molecule has 0 aliphatic heterocycles. The molecule has 0 saturated heterocycles. The molecule has 0 radical (unpaired) electrons. The summed E-state index contributed by atoms with van der Waals surface area (Å²) in [4.78, 5) is 0. The fraction of sp³-hybridized carbons (Fsp3) is 1.00. The van der Waals surface area contributed by atoms with Crippen LogP contribution < -0.4 is 0 Å². The number of hydrogen-bond acceptors (Lipinski definition) is 5. The van der Waals surface area contributed by atoms with Crippen molar-refractivity contribution in [3.05, 3.63) is 0 Å². The summed E-state index contributed by atoms with van der Waals surface area (Å²) in [5.74, 6) is -1.35. The minimum absolute atomic E-state index is 0.0153. The standard InChI is InChI=1S/C19H41F2O5PSi/c1-9-24-27(23,25-10-2)19(20,21)18(11-13-22)12-14-26-28(15(3)4,16(5)6)17(7)8/h15-18,22H,9-14H2,1-8H3/t18-/m1/s1. The molecule has 0 amide bonds. The Morgan fingerprint density at radius 1 is 0.929 bits per heavy atom. The lowest BCUT2D eigenvalue weighted by Crippen LogP contribution is -2.48. The summed E-state index contributed by atoms with van der Waals surface area (Å²) in [6.45, 7) is 15.2. The number of aliphatic hydroxyl groups excluding tert-OH is 1. The number of rotatable bonds is 15. The highest BCUT2D eigenvalue weighted by Gasteiger charge is 2.58. The molecule has 0 bridgehead atoms. The van der Waals surface area contributed by atoms with Crippen LogP contribution in [0.25, 0.3) is 0 Å². The normalized spacial score (nSPS) is 15.1. The lowest BCUT2D eigenvalue weighted by atomic mass is 10.0. The molecule has 1 atom stereocenters. The highest BCUT2D eigenvalue weighted by Crippen LogP contribution is 2.65. The molecule has 5 nitrogen and oxygen atoms in total. The smallest absolute Gasteiger partial charge is 0.399 e. The molecular weight excluding hydrogens is 405 g/mol. The molecule has 0 aromatic carbocycles. The van der Waals surface area contributed by atoms with Gasteiger partial charge in [0.05, 0.1) is 13.2 Å². The summed E-state index contributed by atoms with van der Waals surface area (Å²) in [5, 5.41) is 9.31. The summed E-state index contributed by atoms with van der Waals surface area (Å²) in [6, 6.07) is 0. The van der Waals surface area contributed by atoms with E-state index >= 15 is 8.78 Å². The van der Waals surface area contributed by atoms with E-state index in [0.29, 0.717) is 16.6 Å². The van der Waals surface area contributed by atoms with Crippen molar-refractivity contribution in [2.75, 3.05) is 26.4 Å². The summed E-state index contributed by atoms with van der Waals surface area (Å²) in [6.07, 6.45) is -0.210. The zero-order chi connectivity index (χ0) is 22.2. The maximum Gasteiger partial charge on any atom is 0.399 e. The second-order valence-corrected chi connectivity index (χ2v) is 15.7. The largest absolute Gasteiger partial charge is 0.416 e. The number of hydrogen-bond donors (Lipinski definition) is 1. The van der Waals surface area contributed by atoms with E-state index in [0.717, 1.165) is 0 Å². The monoisotopic (exact) mass is 446 g/mol. The Morgan fingerprint density at radius 2 is 1.36 bits per heavy atom. The van der Waals surface area contributed by atoms with Crippen LogP contribution in [0, 0.1) is 5.92 Å². The van der Waals surface area contributed by atoms with Gasteiger partial charge in [-0.15, -0.1) is 0 Å². The molecule has 0 spiro atoms. The van der Waals surface area contributed by atoms with Crippen LogP contribution in [0.2, 0.25) is 16.6 Å². The third kappa shape index (κ3) is 6.32.